The number of hydrogen-bond donors (Lipinski definition) is 2. The average molecular weight is 324 g/mol. The molecular weight excluding hydrogens is 314 g/mol. The third-order valence-electron chi connectivity index (χ3n) is 2.59. The van der Waals surface area contributed by atoms with Crippen molar-refractivity contribution in [2.24, 2.45) is 5.84 Å². The highest BCUT2D eigenvalue weighted by atomic mass is 35.5. The molecule has 0 aliphatic rings. The number of nitrogens with two attached hydrogens (primary N) is 1. The summed E-state index contributed by atoms with van der Waals surface area (Å²) in [6, 6.07) is 11.1. The van der Waals surface area contributed by atoms with E-state index in [-0.39, 0.29) is 11.3 Å². The first-order chi connectivity index (χ1) is 10.0. The van der Waals surface area contributed by atoms with Crippen LogP contribution < -0.4 is 11.3 Å². The minimum absolute atomic E-state index is 0.145. The van der Waals surface area contributed by atoms with Gasteiger partial charge in [0.05, 0.1) is 10.5 Å². The minimum atomic E-state index is -0.588. The lowest BCUT2D eigenvalue weighted by molar-refractivity contribution is -0.384. The predicted molar refractivity (Wildman–Crippen MR) is 80.3 cm³/mol. The number of nitro benzene ring substituents is 1. The summed E-state index contributed by atoms with van der Waals surface area (Å²) in [4.78, 5) is 23.4. The minimum Gasteiger partial charge on any atom is -0.290 e. The molecule has 0 atom stereocenters. The molecule has 0 aliphatic heterocycles. The molecule has 0 bridgehead atoms. The lowest BCUT2D eigenvalue weighted by atomic mass is 10.2. The maximum atomic E-state index is 11.8. The largest absolute Gasteiger partial charge is 0.290 e. The Hall–Kier alpha value is -2.09. The van der Waals surface area contributed by atoms with Gasteiger partial charge in [0.25, 0.3) is 11.6 Å². The number of nitrogen functional groups attached to an aromatic ring is 1. The fourth-order valence-corrected chi connectivity index (χ4v) is 2.66. The van der Waals surface area contributed by atoms with E-state index < -0.39 is 10.8 Å². The number of nitro groups is 1. The van der Waals surface area contributed by atoms with Crippen LogP contribution in [-0.2, 0) is 0 Å². The molecule has 0 unspecified atom stereocenters. The fourth-order valence-electron chi connectivity index (χ4n) is 1.61. The number of carbonyl (C=O) groups is 1. The summed E-state index contributed by atoms with van der Waals surface area (Å²) >= 11 is 7.10. The Balaban J connectivity index is 2.40. The molecule has 2 aromatic rings. The number of benzene rings is 2. The van der Waals surface area contributed by atoms with E-state index in [1.165, 1.54) is 30.0 Å². The molecule has 1 amide bonds. The Kier molecular flexibility index (Phi) is 4.79. The fraction of sp³-hybridized carbons (Fsp3) is 0. The zero-order valence-electron chi connectivity index (χ0n) is 10.6. The van der Waals surface area contributed by atoms with Gasteiger partial charge in [-0.1, -0.05) is 23.4 Å². The van der Waals surface area contributed by atoms with Crippen LogP contribution in [0.5, 0.6) is 0 Å². The van der Waals surface area contributed by atoms with Crippen molar-refractivity contribution in [1.82, 2.24) is 5.43 Å². The number of amides is 1. The Morgan fingerprint density at radius 3 is 2.48 bits per heavy atom. The quantitative estimate of drug-likeness (QED) is 0.390. The van der Waals surface area contributed by atoms with Crippen LogP contribution in [0.25, 0.3) is 0 Å². The molecule has 0 saturated carbocycles. The molecule has 21 heavy (non-hydrogen) atoms. The molecule has 0 aliphatic carbocycles. The number of nitrogens with one attached hydrogen (secondary N) is 1. The lowest BCUT2D eigenvalue weighted by Crippen LogP contribution is -2.30. The number of hydrogen-bond acceptors (Lipinski definition) is 5. The molecule has 0 saturated heterocycles. The molecule has 0 aromatic heterocycles. The Labute approximate surface area is 129 Å². The summed E-state index contributed by atoms with van der Waals surface area (Å²) in [7, 11) is 0. The SMILES string of the molecule is NNC(=O)c1cc([N+](=O)[O-])ccc1Sc1ccc(Cl)cc1. The number of rotatable bonds is 4. The van der Waals surface area contributed by atoms with Crippen molar-refractivity contribution in [1.29, 1.82) is 0 Å². The van der Waals surface area contributed by atoms with Crippen molar-refractivity contribution in [2.75, 3.05) is 0 Å². The van der Waals surface area contributed by atoms with Gasteiger partial charge in [0.2, 0.25) is 0 Å². The molecule has 108 valence electrons. The maximum Gasteiger partial charge on any atom is 0.270 e. The topological polar surface area (TPSA) is 98.3 Å². The summed E-state index contributed by atoms with van der Waals surface area (Å²) in [5.74, 6) is 4.53. The molecular formula is C13H10ClN3O3S. The van der Waals surface area contributed by atoms with Gasteiger partial charge in [-0.25, -0.2) is 5.84 Å². The van der Waals surface area contributed by atoms with E-state index in [2.05, 4.69) is 0 Å². The predicted octanol–water partition coefficient (Wildman–Crippen LogP) is 3.00. The van der Waals surface area contributed by atoms with Crippen LogP contribution >= 0.6 is 23.4 Å². The van der Waals surface area contributed by atoms with Crippen molar-refractivity contribution >= 4 is 35.0 Å². The molecule has 0 fully saturated rings. The summed E-state index contributed by atoms with van der Waals surface area (Å²) in [6.07, 6.45) is 0. The van der Waals surface area contributed by atoms with E-state index >= 15 is 0 Å². The molecule has 0 heterocycles. The molecule has 2 aromatic carbocycles. The van der Waals surface area contributed by atoms with Crippen LogP contribution in [0.1, 0.15) is 10.4 Å². The molecule has 0 spiro atoms. The van der Waals surface area contributed by atoms with Gasteiger partial charge in [0.1, 0.15) is 0 Å². The van der Waals surface area contributed by atoms with Crippen LogP contribution in [0.15, 0.2) is 52.3 Å². The first-order valence-corrected chi connectivity index (χ1v) is 6.93. The second kappa shape index (κ2) is 6.57. The summed E-state index contributed by atoms with van der Waals surface area (Å²) < 4.78 is 0. The summed E-state index contributed by atoms with van der Waals surface area (Å²) in [5.41, 5.74) is 1.96. The van der Waals surface area contributed by atoms with Crippen molar-refractivity contribution in [3.63, 3.8) is 0 Å². The van der Waals surface area contributed by atoms with Crippen molar-refractivity contribution in [2.45, 2.75) is 9.79 Å². The van der Waals surface area contributed by atoms with E-state index in [0.29, 0.717) is 9.92 Å². The van der Waals surface area contributed by atoms with Crippen LogP contribution in [-0.4, -0.2) is 10.8 Å². The normalized spacial score (nSPS) is 10.2. The van der Waals surface area contributed by atoms with Crippen LogP contribution in [0.2, 0.25) is 5.02 Å². The Bertz CT molecular complexity index is 692. The molecule has 2 rings (SSSR count). The first kappa shape index (κ1) is 15.3. The number of carbonyl (C=O) groups excluding carboxylic acids is 1. The Morgan fingerprint density at radius 1 is 1.24 bits per heavy atom. The van der Waals surface area contributed by atoms with E-state index in [1.807, 2.05) is 5.43 Å². The number of nitrogens with zero attached hydrogens (tertiary/aromatic N) is 1. The second-order valence-corrected chi connectivity index (χ2v) is 5.52. The second-order valence-electron chi connectivity index (χ2n) is 3.97. The average Bonchev–Trinajstić information content (AvgIpc) is 2.49. The molecule has 0 radical (unpaired) electrons. The van der Waals surface area contributed by atoms with E-state index in [9.17, 15) is 14.9 Å². The molecule has 6 nitrogen and oxygen atoms in total. The highest BCUT2D eigenvalue weighted by molar-refractivity contribution is 7.99. The van der Waals surface area contributed by atoms with E-state index in [1.54, 1.807) is 24.3 Å². The summed E-state index contributed by atoms with van der Waals surface area (Å²) in [5, 5.41) is 11.4. The molecule has 8 heteroatoms. The molecule has 3 N–H and O–H groups in total. The smallest absolute Gasteiger partial charge is 0.270 e. The first-order valence-electron chi connectivity index (χ1n) is 5.74. The zero-order chi connectivity index (χ0) is 15.4. The van der Waals surface area contributed by atoms with Gasteiger partial charge in [-0.05, 0) is 30.3 Å². The van der Waals surface area contributed by atoms with E-state index in [4.69, 9.17) is 17.4 Å². The van der Waals surface area contributed by atoms with Gasteiger partial charge < -0.3 is 0 Å². The lowest BCUT2D eigenvalue weighted by Gasteiger charge is -2.08. The Morgan fingerprint density at radius 2 is 1.90 bits per heavy atom. The number of hydrazine groups is 1. The third kappa shape index (κ3) is 3.72. The van der Waals surface area contributed by atoms with Crippen LogP contribution in [0.4, 0.5) is 5.69 Å². The van der Waals surface area contributed by atoms with Gasteiger partial charge in [-0.3, -0.25) is 20.3 Å². The maximum absolute atomic E-state index is 11.8. The summed E-state index contributed by atoms with van der Waals surface area (Å²) in [6.45, 7) is 0. The number of halogens is 1. The van der Waals surface area contributed by atoms with Crippen molar-refractivity contribution in [3.05, 3.63) is 63.2 Å². The van der Waals surface area contributed by atoms with Gasteiger partial charge in [0.15, 0.2) is 0 Å². The van der Waals surface area contributed by atoms with Gasteiger partial charge >= 0.3 is 0 Å². The van der Waals surface area contributed by atoms with E-state index in [0.717, 1.165) is 4.90 Å². The van der Waals surface area contributed by atoms with Gasteiger partial charge in [0, 0.05) is 26.9 Å². The highest BCUT2D eigenvalue weighted by Crippen LogP contribution is 2.33. The standard InChI is InChI=1S/C13H10ClN3O3S/c14-8-1-4-10(5-2-8)21-12-6-3-9(17(19)20)7-11(12)13(18)16-15/h1-7H,15H2,(H,16,18). The van der Waals surface area contributed by atoms with Crippen LogP contribution in [0, 0.1) is 10.1 Å². The van der Waals surface area contributed by atoms with Gasteiger partial charge in [-0.15, -0.1) is 0 Å². The third-order valence-corrected chi connectivity index (χ3v) is 3.93. The monoisotopic (exact) mass is 323 g/mol. The zero-order valence-corrected chi connectivity index (χ0v) is 12.1. The number of non-ortho nitro benzene ring substituents is 1. The van der Waals surface area contributed by atoms with Crippen molar-refractivity contribution in [3.8, 4) is 0 Å². The van der Waals surface area contributed by atoms with Crippen molar-refractivity contribution < 1.29 is 9.72 Å². The highest BCUT2D eigenvalue weighted by Gasteiger charge is 2.16. The van der Waals surface area contributed by atoms with Crippen LogP contribution in [0.3, 0.4) is 0 Å². The van der Waals surface area contributed by atoms with Gasteiger partial charge in [-0.2, -0.15) is 0 Å².